The molecular weight excluding hydrogens is 1370 g/mol. The van der Waals surface area contributed by atoms with E-state index < -0.39 is 218 Å². The van der Waals surface area contributed by atoms with Gasteiger partial charge in [0.25, 0.3) is 0 Å². The number of aliphatic carboxylic acids is 1. The van der Waals surface area contributed by atoms with E-state index >= 15 is 0 Å². The first-order valence-corrected chi connectivity index (χ1v) is 34.2. The fourth-order valence-corrected chi connectivity index (χ4v) is 12.8. The number of nitrogens with zero attached hydrogens (tertiary/aromatic N) is 6. The third-order valence-corrected chi connectivity index (χ3v) is 18.3. The molecule has 3 aliphatic heterocycles. The van der Waals surface area contributed by atoms with Gasteiger partial charge in [0.15, 0.2) is 5.96 Å². The molecule has 5 heterocycles. The van der Waals surface area contributed by atoms with Crippen molar-refractivity contribution in [1.29, 1.82) is 0 Å². The minimum absolute atomic E-state index is 0.000570. The molecule has 3 aliphatic rings. The second kappa shape index (κ2) is 38.6. The van der Waals surface area contributed by atoms with E-state index in [0.717, 1.165) is 37.4 Å². The van der Waals surface area contributed by atoms with Gasteiger partial charge in [-0.2, -0.15) is 0 Å². The van der Waals surface area contributed by atoms with Crippen LogP contribution in [0.4, 0.5) is 0 Å². The summed E-state index contributed by atoms with van der Waals surface area (Å²) in [7, 11) is 1.53. The summed E-state index contributed by atoms with van der Waals surface area (Å²) >= 11 is 0. The van der Waals surface area contributed by atoms with Crippen molar-refractivity contribution >= 4 is 116 Å². The van der Waals surface area contributed by atoms with E-state index in [2.05, 4.69) is 83.8 Å². The molecule has 6 rings (SSSR count). The zero-order valence-electron chi connectivity index (χ0n) is 54.5. The summed E-state index contributed by atoms with van der Waals surface area (Å²) in [5.41, 5.74) is 29.2. The molecule has 0 aliphatic carbocycles. The van der Waals surface area contributed by atoms with Crippen molar-refractivity contribution in [2.45, 2.75) is 157 Å². The standard InChI is InChI=1S/C58H83N23O18S2/c1-27-47(89)71-34-12-15-81-30(21-68-79-81)18-37(72-48(90)32(59)10-11-45(86)87)53(95)78-41(55(97)75-38(19-43(60)84)57(99)80-14-3-5-42(80)56(98)69-27)25-101-100-24-40(46(61)88)77-54(96)39(23-82)76-51(93)35(16-28-6-8-31(83)9-7-28)73-52(94)36(17-29-20-64-26-67-29)74-50(92)33(4-2-13-65-58(62)63)70-44(85)22-66-49(34)91/h6-9,20-21,26-27,32-42,82-83H,2-5,10-19,22-25,59H2,1H3,(H2,60,84)(H2,61,88)(H,64,67)(H,66,91)(H,69,98)(H,70,85)(H,71,89)(H,72,90)(H,73,94)(H,74,92)(H,75,97)(H,76,93)(H,77,96)(H,78,95)(H,86,87)(H4,62,63,65)/t27-,32-,33-,34-,35-,36-,37-,38-,39-,40-,41-,42-/m0/s1. The predicted molar refractivity (Wildman–Crippen MR) is 355 cm³/mol. The monoisotopic (exact) mass is 1450 g/mol. The lowest BCUT2D eigenvalue weighted by atomic mass is 10.0. The Morgan fingerprint density at radius 3 is 2.02 bits per heavy atom. The van der Waals surface area contributed by atoms with Crippen LogP contribution < -0.4 is 87.2 Å². The maximum atomic E-state index is 14.8. The lowest BCUT2D eigenvalue weighted by Crippen LogP contribution is -2.60. The zero-order valence-corrected chi connectivity index (χ0v) is 56.2. The number of benzene rings is 1. The van der Waals surface area contributed by atoms with Crippen molar-refractivity contribution in [3.05, 3.63) is 59.9 Å². The van der Waals surface area contributed by atoms with Gasteiger partial charge < -0.3 is 112 Å². The van der Waals surface area contributed by atoms with Gasteiger partial charge in [0, 0.05) is 68.7 Å². The van der Waals surface area contributed by atoms with Crippen LogP contribution in [-0.4, -0.2) is 250 Å². The van der Waals surface area contributed by atoms with Crippen LogP contribution in [0.15, 0.2) is 48.0 Å². The highest BCUT2D eigenvalue weighted by molar-refractivity contribution is 8.76. The Balaban J connectivity index is 1.47. The molecule has 1 aromatic carbocycles. The fourth-order valence-electron chi connectivity index (χ4n) is 10.5. The van der Waals surface area contributed by atoms with E-state index in [9.17, 15) is 87.2 Å². The Morgan fingerprint density at radius 2 is 1.37 bits per heavy atom. The maximum absolute atomic E-state index is 14.8. The van der Waals surface area contributed by atoms with Gasteiger partial charge in [0.05, 0.1) is 43.8 Å². The minimum Gasteiger partial charge on any atom is -0.508 e. The highest BCUT2D eigenvalue weighted by Gasteiger charge is 2.41. The number of primary amides is 2. The first-order valence-electron chi connectivity index (χ1n) is 31.7. The summed E-state index contributed by atoms with van der Waals surface area (Å²) in [6, 6.07) is -14.4. The van der Waals surface area contributed by atoms with Gasteiger partial charge in [-0.3, -0.25) is 76.9 Å². The molecule has 101 heavy (non-hydrogen) atoms. The smallest absolute Gasteiger partial charge is 0.303 e. The van der Waals surface area contributed by atoms with Crippen LogP contribution >= 0.6 is 21.6 Å². The Hall–Kier alpha value is -10.7. The number of aryl methyl sites for hydroxylation is 1. The number of phenols is 1. The molecule has 1 fully saturated rings. The predicted octanol–water partition coefficient (Wildman–Crippen LogP) is -9.89. The lowest BCUT2D eigenvalue weighted by Gasteiger charge is -2.30. The average Bonchev–Trinajstić information content (AvgIpc) is 1.74. The third-order valence-electron chi connectivity index (χ3n) is 15.9. The van der Waals surface area contributed by atoms with E-state index in [1.165, 1.54) is 43.7 Å². The van der Waals surface area contributed by atoms with Crippen molar-refractivity contribution in [1.82, 2.24) is 88.3 Å². The largest absolute Gasteiger partial charge is 0.508 e. The Bertz CT molecular complexity index is 3520. The highest BCUT2D eigenvalue weighted by atomic mass is 33.1. The number of phenolic OH excluding ortho intramolecular Hbond substituents is 1. The number of aromatic amines is 1. The van der Waals surface area contributed by atoms with E-state index in [0.29, 0.717) is 5.56 Å². The van der Waals surface area contributed by atoms with Gasteiger partial charge in [-0.1, -0.05) is 38.9 Å². The van der Waals surface area contributed by atoms with Gasteiger partial charge in [0.2, 0.25) is 82.7 Å². The van der Waals surface area contributed by atoms with Crippen LogP contribution in [0.3, 0.4) is 0 Å². The number of aromatic hydroxyl groups is 1. The quantitative estimate of drug-likeness (QED) is 0.0258. The molecule has 3 aromatic rings. The van der Waals surface area contributed by atoms with Gasteiger partial charge in [0.1, 0.15) is 72.2 Å². The zero-order chi connectivity index (χ0) is 74.0. The van der Waals surface area contributed by atoms with Crippen molar-refractivity contribution in [2.75, 3.05) is 37.7 Å². The number of hydrogen-bond donors (Lipinski definition) is 20. The molecule has 0 spiro atoms. The summed E-state index contributed by atoms with van der Waals surface area (Å²) in [4.78, 5) is 221. The van der Waals surface area contributed by atoms with Gasteiger partial charge in [-0.05, 0) is 63.1 Å². The number of nitrogens with one attached hydrogen (secondary N) is 12. The van der Waals surface area contributed by atoms with E-state index in [1.807, 2.05) is 0 Å². The van der Waals surface area contributed by atoms with Crippen LogP contribution in [0.25, 0.3) is 0 Å². The number of aliphatic imine (C=N–C) groups is 1. The van der Waals surface area contributed by atoms with Gasteiger partial charge in [-0.15, -0.1) is 5.10 Å². The SMILES string of the molecule is C[C@@H]1NC(=O)[C@@H]2CCCN2C(=O)[C@H](CC(N)=O)NC(=O)[C@@H]2CSSC[C@@H](C(N)=O)NC(=O)[C@H](CO)NC(=O)[C@H](Cc3ccc(O)cc3)NC(=O)[C@H](Cc3cnc[nH]3)NC(=O)[C@H](CCCN=C(N)N)NC(=O)CNC(=O)[C@H](CCn3nncc3C[C@H](NC(=O)[C@@H](N)CCC(=O)O)C(=O)N2)NC1=O. The van der Waals surface area contributed by atoms with E-state index in [4.69, 9.17) is 28.7 Å². The summed E-state index contributed by atoms with van der Waals surface area (Å²) in [5.74, 6) is -17.7. The summed E-state index contributed by atoms with van der Waals surface area (Å²) < 4.78 is 1.16. The van der Waals surface area contributed by atoms with Gasteiger partial charge in [-0.25, -0.2) is 9.67 Å². The number of fused-ring (bicyclic) bond motifs is 7. The maximum Gasteiger partial charge on any atom is 0.303 e. The molecule has 1 saturated heterocycles. The van der Waals surface area contributed by atoms with Crippen LogP contribution in [0.2, 0.25) is 0 Å². The number of amides is 14. The molecular formula is C58H83N23O18S2. The second-order valence-electron chi connectivity index (χ2n) is 23.7. The molecule has 550 valence electrons. The van der Waals surface area contributed by atoms with Gasteiger partial charge >= 0.3 is 5.97 Å². The molecule has 0 unspecified atom stereocenters. The number of carboxylic acids is 1. The van der Waals surface area contributed by atoms with Crippen LogP contribution in [0.5, 0.6) is 5.75 Å². The first kappa shape index (κ1) is 79.3. The molecule has 2 aromatic heterocycles. The second-order valence-corrected chi connectivity index (χ2v) is 26.2. The Labute approximate surface area is 583 Å². The number of imidazole rings is 1. The van der Waals surface area contributed by atoms with Crippen LogP contribution in [-0.2, 0) is 97.7 Å². The van der Waals surface area contributed by atoms with Crippen molar-refractivity contribution in [3.63, 3.8) is 0 Å². The third kappa shape index (κ3) is 24.9. The number of carbonyl (C=O) groups excluding carboxylic acids is 14. The molecule has 25 N–H and O–H groups in total. The number of aliphatic hydroxyl groups excluding tert-OH is 1. The van der Waals surface area contributed by atoms with E-state index in [-0.39, 0.29) is 81.3 Å². The normalized spacial score (nSPS) is 25.2. The molecule has 0 saturated carbocycles. The number of aliphatic hydroxyl groups is 1. The molecule has 0 radical (unpaired) electrons. The summed E-state index contributed by atoms with van der Waals surface area (Å²) in [6.45, 7) is -1.35. The number of hydrogen-bond acceptors (Lipinski definition) is 24. The number of guanidine groups is 1. The van der Waals surface area contributed by atoms with Crippen molar-refractivity contribution in [3.8, 4) is 5.75 Å². The van der Waals surface area contributed by atoms with Crippen LogP contribution in [0, 0.1) is 0 Å². The Morgan fingerprint density at radius 1 is 0.713 bits per heavy atom. The lowest BCUT2D eigenvalue weighted by molar-refractivity contribution is -0.143. The summed E-state index contributed by atoms with van der Waals surface area (Å²) in [6.07, 6.45) is 0.154. The number of aromatic nitrogens is 5. The highest BCUT2D eigenvalue weighted by Crippen LogP contribution is 2.25. The van der Waals surface area contributed by atoms with Crippen molar-refractivity contribution < 1.29 is 87.2 Å². The molecule has 12 atom stereocenters. The van der Waals surface area contributed by atoms with Crippen molar-refractivity contribution in [2.24, 2.45) is 33.7 Å². The molecule has 14 amide bonds. The minimum atomic E-state index is -1.89. The fraction of sp³-hybridized carbons (Fsp3) is 0.534. The average molecular weight is 1450 g/mol. The topological polar surface area (TPSA) is 654 Å². The number of carboxylic acid groups (broad SMARTS) is 1. The molecule has 2 bridgehead atoms. The number of rotatable bonds is 17. The van der Waals surface area contributed by atoms with E-state index in [1.54, 1.807) is 0 Å². The summed E-state index contributed by atoms with van der Waals surface area (Å²) in [5, 5.41) is 65.2. The Kier molecular flexibility index (Phi) is 30.3. The molecule has 43 heteroatoms. The number of H-pyrrole nitrogens is 1. The first-order chi connectivity index (χ1) is 48.0. The molecule has 41 nitrogen and oxygen atoms in total. The number of nitrogens with two attached hydrogens (primary N) is 5. The number of carbonyl (C=O) groups is 15. The van der Waals surface area contributed by atoms with Crippen LogP contribution in [0.1, 0.15) is 75.2 Å².